The third-order valence-corrected chi connectivity index (χ3v) is 5.20. The summed E-state index contributed by atoms with van der Waals surface area (Å²) in [6.07, 6.45) is -8.19. The molecule has 1 aliphatic heterocycles. The summed E-state index contributed by atoms with van der Waals surface area (Å²) in [6.45, 7) is 0.290. The Bertz CT molecular complexity index is 623. The maximum Gasteiger partial charge on any atom is 0.320 e. The third kappa shape index (κ3) is 6.28. The topological polar surface area (TPSA) is 194 Å². The van der Waals surface area contributed by atoms with Gasteiger partial charge in [-0.25, -0.2) is 0 Å². The SMILES string of the molecule is CC(C)C(=O)N(CCCC[C@H](N)C(=O)O)CC(F)(F)[C@]1(O)O[C@H](CO)[C@H](O)[C@H](O)[C@H]1O. The molecule has 1 saturated heterocycles. The highest BCUT2D eigenvalue weighted by Crippen LogP contribution is 2.40. The number of carbonyl (C=O) groups excluding carboxylic acids is 1. The van der Waals surface area contributed by atoms with Gasteiger partial charge in [-0.2, -0.15) is 8.78 Å². The van der Waals surface area contributed by atoms with E-state index in [1.807, 2.05) is 0 Å². The van der Waals surface area contributed by atoms with E-state index in [9.17, 15) is 35.1 Å². The number of unbranched alkanes of at least 4 members (excludes halogenated alkanes) is 1. The molecule has 0 aromatic heterocycles. The smallest absolute Gasteiger partial charge is 0.320 e. The van der Waals surface area contributed by atoms with Gasteiger partial charge in [-0.15, -0.1) is 0 Å². The van der Waals surface area contributed by atoms with Gasteiger partial charge in [-0.3, -0.25) is 9.59 Å². The molecule has 0 radical (unpaired) electrons. The molecule has 11 nitrogen and oxygen atoms in total. The lowest BCUT2D eigenvalue weighted by molar-refractivity contribution is -0.411. The third-order valence-electron chi connectivity index (χ3n) is 5.20. The molecular formula is C18H32F2N2O9. The minimum atomic E-state index is -4.32. The number of nitrogens with zero attached hydrogens (tertiary/aromatic N) is 1. The number of aliphatic hydroxyl groups excluding tert-OH is 4. The van der Waals surface area contributed by atoms with Crippen LogP contribution in [0.2, 0.25) is 0 Å². The molecule has 0 aliphatic carbocycles. The van der Waals surface area contributed by atoms with Crippen molar-refractivity contribution >= 4 is 11.9 Å². The summed E-state index contributed by atoms with van der Waals surface area (Å²) in [5.74, 6) is -10.6. The van der Waals surface area contributed by atoms with Crippen molar-refractivity contribution in [3.05, 3.63) is 0 Å². The van der Waals surface area contributed by atoms with Crippen molar-refractivity contribution in [2.75, 3.05) is 19.7 Å². The number of aliphatic carboxylic acids is 1. The molecule has 0 aromatic carbocycles. The van der Waals surface area contributed by atoms with E-state index >= 15 is 8.78 Å². The minimum absolute atomic E-state index is 0.0590. The van der Waals surface area contributed by atoms with Crippen LogP contribution in [0, 0.1) is 5.92 Å². The lowest BCUT2D eigenvalue weighted by Gasteiger charge is -2.49. The van der Waals surface area contributed by atoms with Gasteiger partial charge in [0.05, 0.1) is 13.2 Å². The Kier molecular flexibility index (Phi) is 9.69. The number of amides is 1. The summed E-state index contributed by atoms with van der Waals surface area (Å²) in [6, 6.07) is -1.13. The van der Waals surface area contributed by atoms with Crippen LogP contribution >= 0.6 is 0 Å². The highest BCUT2D eigenvalue weighted by atomic mass is 19.3. The monoisotopic (exact) mass is 458 g/mol. The van der Waals surface area contributed by atoms with Crippen LogP contribution in [0.5, 0.6) is 0 Å². The summed E-state index contributed by atoms with van der Waals surface area (Å²) in [7, 11) is 0. The van der Waals surface area contributed by atoms with Crippen LogP contribution < -0.4 is 5.73 Å². The second-order valence-corrected chi connectivity index (χ2v) is 8.02. The predicted octanol–water partition coefficient (Wildman–Crippen LogP) is -2.15. The molecule has 1 heterocycles. The molecular weight excluding hydrogens is 426 g/mol. The van der Waals surface area contributed by atoms with Crippen LogP contribution in [0.15, 0.2) is 0 Å². The number of carbonyl (C=O) groups is 2. The second-order valence-electron chi connectivity index (χ2n) is 8.02. The molecule has 0 unspecified atom stereocenters. The Labute approximate surface area is 178 Å². The lowest BCUT2D eigenvalue weighted by Crippen LogP contribution is -2.73. The van der Waals surface area contributed by atoms with E-state index < -0.39 is 73.1 Å². The average Bonchev–Trinajstić information content (AvgIpc) is 2.70. The standard InChI is InChI=1S/C18H32F2N2O9/c1-9(2)15(27)22(6-4-3-5-10(21)16(28)29)8-17(19,20)18(30)14(26)13(25)12(24)11(7-23)31-18/h9-14,23-26,30H,3-8,21H2,1-2H3,(H,28,29)/t10-,11+,12-,13-,14+,18+/m0/s1. The molecule has 1 fully saturated rings. The number of ether oxygens (including phenoxy) is 1. The minimum Gasteiger partial charge on any atom is -0.480 e. The lowest BCUT2D eigenvalue weighted by atomic mass is 9.88. The van der Waals surface area contributed by atoms with Gasteiger partial charge < -0.3 is 46.0 Å². The van der Waals surface area contributed by atoms with Gasteiger partial charge in [0.15, 0.2) is 0 Å². The van der Waals surface area contributed by atoms with Gasteiger partial charge in [0, 0.05) is 12.5 Å². The molecule has 0 spiro atoms. The predicted molar refractivity (Wildman–Crippen MR) is 101 cm³/mol. The molecule has 0 aromatic rings. The molecule has 6 atom stereocenters. The molecule has 1 rings (SSSR count). The van der Waals surface area contributed by atoms with Crippen LogP contribution in [0.25, 0.3) is 0 Å². The van der Waals surface area contributed by atoms with Crippen LogP contribution in [-0.4, -0.2) is 109 Å². The number of carboxylic acids is 1. The quantitative estimate of drug-likeness (QED) is 0.168. The van der Waals surface area contributed by atoms with E-state index in [4.69, 9.17) is 10.8 Å². The number of alkyl halides is 2. The van der Waals surface area contributed by atoms with Gasteiger partial charge in [0.2, 0.25) is 5.91 Å². The number of halogens is 2. The number of hydrogen-bond acceptors (Lipinski definition) is 9. The number of rotatable bonds is 11. The van der Waals surface area contributed by atoms with Crippen molar-refractivity contribution < 1.29 is 53.7 Å². The average molecular weight is 458 g/mol. The Balaban J connectivity index is 2.99. The van der Waals surface area contributed by atoms with Gasteiger partial charge in [0.25, 0.3) is 5.79 Å². The van der Waals surface area contributed by atoms with Gasteiger partial charge >= 0.3 is 11.9 Å². The van der Waals surface area contributed by atoms with Crippen LogP contribution in [0.1, 0.15) is 33.1 Å². The van der Waals surface area contributed by atoms with Crippen molar-refractivity contribution in [3.63, 3.8) is 0 Å². The first kappa shape index (κ1) is 27.6. The highest BCUT2D eigenvalue weighted by Gasteiger charge is 2.66. The van der Waals surface area contributed by atoms with Crippen molar-refractivity contribution in [1.82, 2.24) is 4.90 Å². The molecule has 31 heavy (non-hydrogen) atoms. The summed E-state index contributed by atoms with van der Waals surface area (Å²) in [5, 5.41) is 57.9. The zero-order valence-electron chi connectivity index (χ0n) is 17.4. The normalized spacial score (nSPS) is 30.3. The van der Waals surface area contributed by atoms with Gasteiger partial charge in [-0.1, -0.05) is 13.8 Å². The number of hydrogen-bond donors (Lipinski definition) is 7. The summed E-state index contributed by atoms with van der Waals surface area (Å²) < 4.78 is 34.8. The van der Waals surface area contributed by atoms with Crippen molar-refractivity contribution in [2.24, 2.45) is 11.7 Å². The first-order chi connectivity index (χ1) is 14.2. The molecule has 1 amide bonds. The number of carboxylic acid groups (broad SMARTS) is 1. The molecule has 182 valence electrons. The van der Waals surface area contributed by atoms with E-state index in [2.05, 4.69) is 4.74 Å². The van der Waals surface area contributed by atoms with Crippen molar-refractivity contribution in [2.45, 2.75) is 75.3 Å². The van der Waals surface area contributed by atoms with Crippen molar-refractivity contribution in [1.29, 1.82) is 0 Å². The Hall–Kier alpha value is -1.48. The van der Waals surface area contributed by atoms with Crippen LogP contribution in [-0.2, 0) is 14.3 Å². The number of nitrogens with two attached hydrogens (primary N) is 1. The molecule has 0 saturated carbocycles. The summed E-state index contributed by atoms with van der Waals surface area (Å²) in [4.78, 5) is 23.9. The first-order valence-corrected chi connectivity index (χ1v) is 9.89. The fourth-order valence-corrected chi connectivity index (χ4v) is 3.23. The van der Waals surface area contributed by atoms with Gasteiger partial charge in [-0.05, 0) is 19.3 Å². The van der Waals surface area contributed by atoms with Crippen molar-refractivity contribution in [3.8, 4) is 0 Å². The highest BCUT2D eigenvalue weighted by molar-refractivity contribution is 5.78. The molecule has 0 bridgehead atoms. The van der Waals surface area contributed by atoms with Gasteiger partial charge in [0.1, 0.15) is 30.5 Å². The molecule has 8 N–H and O–H groups in total. The van der Waals surface area contributed by atoms with E-state index in [-0.39, 0.29) is 25.8 Å². The summed E-state index contributed by atoms with van der Waals surface area (Å²) in [5.41, 5.74) is 5.38. The van der Waals surface area contributed by atoms with E-state index in [0.29, 0.717) is 0 Å². The number of aliphatic hydroxyl groups is 5. The maximum absolute atomic E-state index is 15.1. The van der Waals surface area contributed by atoms with E-state index in [1.165, 1.54) is 13.8 Å². The largest absolute Gasteiger partial charge is 0.480 e. The van der Waals surface area contributed by atoms with E-state index in [0.717, 1.165) is 4.90 Å². The maximum atomic E-state index is 15.1. The Morgan fingerprint density at radius 1 is 1.19 bits per heavy atom. The zero-order valence-corrected chi connectivity index (χ0v) is 17.4. The fourth-order valence-electron chi connectivity index (χ4n) is 3.23. The van der Waals surface area contributed by atoms with E-state index in [1.54, 1.807) is 0 Å². The molecule has 1 aliphatic rings. The van der Waals surface area contributed by atoms with Crippen LogP contribution in [0.3, 0.4) is 0 Å². The van der Waals surface area contributed by atoms with Crippen LogP contribution in [0.4, 0.5) is 8.78 Å². The Morgan fingerprint density at radius 2 is 1.77 bits per heavy atom. The summed E-state index contributed by atoms with van der Waals surface area (Å²) >= 11 is 0. The zero-order chi connectivity index (χ0) is 24.1. The first-order valence-electron chi connectivity index (χ1n) is 9.89. The fraction of sp³-hybridized carbons (Fsp3) is 0.889. The second kappa shape index (κ2) is 10.9. The molecule has 13 heteroatoms. The Morgan fingerprint density at radius 3 is 2.26 bits per heavy atom.